The lowest BCUT2D eigenvalue weighted by Crippen LogP contribution is -2.45. The quantitative estimate of drug-likeness (QED) is 0.615. The predicted octanol–water partition coefficient (Wildman–Crippen LogP) is 3.65. The Morgan fingerprint density at radius 2 is 1.65 bits per heavy atom. The Morgan fingerprint density at radius 3 is 2.39 bits per heavy atom. The van der Waals surface area contributed by atoms with Gasteiger partial charge in [0.1, 0.15) is 0 Å². The first-order valence-corrected chi connectivity index (χ1v) is 10.7. The van der Waals surface area contributed by atoms with E-state index in [4.69, 9.17) is 4.42 Å². The van der Waals surface area contributed by atoms with Crippen LogP contribution in [0.15, 0.2) is 77.4 Å². The Kier molecular flexibility index (Phi) is 6.67. The number of carbonyl (C=O) groups is 2. The number of anilines is 1. The van der Waals surface area contributed by atoms with Gasteiger partial charge in [0.15, 0.2) is 5.76 Å². The molecule has 1 fully saturated rings. The third kappa shape index (κ3) is 5.34. The minimum atomic E-state index is -0.179. The fourth-order valence-electron chi connectivity index (χ4n) is 3.93. The second-order valence-corrected chi connectivity index (χ2v) is 7.72. The zero-order valence-corrected chi connectivity index (χ0v) is 17.4. The summed E-state index contributed by atoms with van der Waals surface area (Å²) in [4.78, 5) is 27.3. The van der Waals surface area contributed by atoms with E-state index in [0.29, 0.717) is 17.9 Å². The average molecular weight is 418 g/mol. The molecule has 4 rings (SSSR count). The maximum Gasteiger partial charge on any atom is 0.287 e. The van der Waals surface area contributed by atoms with Crippen LogP contribution < -0.4 is 15.5 Å². The molecule has 1 aromatic heterocycles. The number of carbonyl (C=O) groups excluding carboxylic acids is 2. The number of nitrogens with zero attached hydrogens (tertiary/aromatic N) is 1. The summed E-state index contributed by atoms with van der Waals surface area (Å²) in [5.74, 6) is 0.0985. The summed E-state index contributed by atoms with van der Waals surface area (Å²) < 4.78 is 5.16. The summed E-state index contributed by atoms with van der Waals surface area (Å²) >= 11 is 0. The third-order valence-corrected chi connectivity index (χ3v) is 5.61. The standard InChI is InChI=1S/C25H27N3O3/c29-24(26-15-12-19-7-2-1-3-8-19)21-9-4-5-10-22(21)28-16-13-20(14-17-28)27-25(30)23-11-6-18-31-23/h1-11,18,20H,12-17H2,(H,26,29)(H,27,30). The van der Waals surface area contributed by atoms with E-state index in [1.54, 1.807) is 12.1 Å². The Morgan fingerprint density at radius 1 is 0.903 bits per heavy atom. The molecule has 1 saturated heterocycles. The van der Waals surface area contributed by atoms with Crippen LogP contribution >= 0.6 is 0 Å². The number of benzene rings is 2. The van der Waals surface area contributed by atoms with E-state index >= 15 is 0 Å². The van der Waals surface area contributed by atoms with Crippen molar-refractivity contribution in [2.24, 2.45) is 0 Å². The molecule has 0 spiro atoms. The lowest BCUT2D eigenvalue weighted by molar-refractivity contribution is 0.0902. The summed E-state index contributed by atoms with van der Waals surface area (Å²) in [5, 5.41) is 6.08. The van der Waals surface area contributed by atoms with Crippen molar-refractivity contribution in [2.45, 2.75) is 25.3 Å². The highest BCUT2D eigenvalue weighted by molar-refractivity contribution is 5.99. The van der Waals surface area contributed by atoms with Gasteiger partial charge in [-0.15, -0.1) is 0 Å². The van der Waals surface area contributed by atoms with Crippen LogP contribution in [0, 0.1) is 0 Å². The highest BCUT2D eigenvalue weighted by atomic mass is 16.3. The Bertz CT molecular complexity index is 994. The topological polar surface area (TPSA) is 74.6 Å². The van der Waals surface area contributed by atoms with E-state index in [1.807, 2.05) is 42.5 Å². The molecule has 0 unspecified atom stereocenters. The molecule has 6 heteroatoms. The molecule has 2 amide bonds. The molecule has 0 atom stereocenters. The fraction of sp³-hybridized carbons (Fsp3) is 0.280. The van der Waals surface area contributed by atoms with Gasteiger partial charge in [0.05, 0.1) is 11.8 Å². The first kappa shape index (κ1) is 20.7. The second-order valence-electron chi connectivity index (χ2n) is 7.72. The molecular weight excluding hydrogens is 390 g/mol. The number of hydrogen-bond donors (Lipinski definition) is 2. The normalized spacial score (nSPS) is 14.3. The minimum absolute atomic E-state index is 0.0558. The van der Waals surface area contributed by atoms with Crippen molar-refractivity contribution >= 4 is 17.5 Å². The van der Waals surface area contributed by atoms with Gasteiger partial charge in [0, 0.05) is 31.4 Å². The lowest BCUT2D eigenvalue weighted by Gasteiger charge is -2.34. The van der Waals surface area contributed by atoms with Crippen molar-refractivity contribution < 1.29 is 14.0 Å². The summed E-state index contributed by atoms with van der Waals surface area (Å²) in [5.41, 5.74) is 2.83. The summed E-state index contributed by atoms with van der Waals surface area (Å²) in [7, 11) is 0. The van der Waals surface area contributed by atoms with Gasteiger partial charge in [0.2, 0.25) is 0 Å². The summed E-state index contributed by atoms with van der Waals surface area (Å²) in [6.45, 7) is 2.15. The Labute approximate surface area is 182 Å². The number of nitrogens with one attached hydrogen (secondary N) is 2. The van der Waals surface area contributed by atoms with E-state index in [-0.39, 0.29) is 17.9 Å². The molecule has 160 valence electrons. The van der Waals surface area contributed by atoms with Crippen LogP contribution in [-0.4, -0.2) is 37.5 Å². The molecule has 0 radical (unpaired) electrons. The second kappa shape index (κ2) is 9.98. The van der Waals surface area contributed by atoms with E-state index in [2.05, 4.69) is 27.7 Å². The SMILES string of the molecule is O=C(NC1CCN(c2ccccc2C(=O)NCCc2ccccc2)CC1)c1ccco1. The number of hydrogen-bond acceptors (Lipinski definition) is 4. The molecule has 3 aromatic rings. The van der Waals surface area contributed by atoms with Crippen molar-refractivity contribution in [3.05, 3.63) is 89.9 Å². The zero-order chi connectivity index (χ0) is 21.5. The predicted molar refractivity (Wildman–Crippen MR) is 120 cm³/mol. The Hall–Kier alpha value is -3.54. The van der Waals surface area contributed by atoms with Gasteiger partial charge >= 0.3 is 0 Å². The first-order chi connectivity index (χ1) is 15.2. The van der Waals surface area contributed by atoms with Crippen molar-refractivity contribution in [1.29, 1.82) is 0 Å². The molecule has 1 aliphatic rings. The van der Waals surface area contributed by atoms with Crippen LogP contribution in [0.1, 0.15) is 39.3 Å². The number of para-hydroxylation sites is 1. The molecule has 31 heavy (non-hydrogen) atoms. The van der Waals surface area contributed by atoms with Gasteiger partial charge in [-0.05, 0) is 49.1 Å². The molecule has 0 saturated carbocycles. The van der Waals surface area contributed by atoms with Crippen LogP contribution in [0.5, 0.6) is 0 Å². The van der Waals surface area contributed by atoms with E-state index in [9.17, 15) is 9.59 Å². The maximum absolute atomic E-state index is 12.8. The number of rotatable bonds is 7. The number of amides is 2. The van der Waals surface area contributed by atoms with Crippen LogP contribution in [0.3, 0.4) is 0 Å². The van der Waals surface area contributed by atoms with Crippen LogP contribution in [0.4, 0.5) is 5.69 Å². The minimum Gasteiger partial charge on any atom is -0.459 e. The van der Waals surface area contributed by atoms with E-state index < -0.39 is 0 Å². The van der Waals surface area contributed by atoms with Crippen molar-refractivity contribution in [3.8, 4) is 0 Å². The zero-order valence-electron chi connectivity index (χ0n) is 17.4. The third-order valence-electron chi connectivity index (χ3n) is 5.61. The molecule has 2 heterocycles. The monoisotopic (exact) mass is 417 g/mol. The highest BCUT2D eigenvalue weighted by Crippen LogP contribution is 2.24. The summed E-state index contributed by atoms with van der Waals surface area (Å²) in [6, 6.07) is 21.3. The molecule has 0 aliphatic carbocycles. The van der Waals surface area contributed by atoms with Crippen LogP contribution in [0.2, 0.25) is 0 Å². The highest BCUT2D eigenvalue weighted by Gasteiger charge is 2.24. The van der Waals surface area contributed by atoms with E-state index in [1.165, 1.54) is 11.8 Å². The van der Waals surface area contributed by atoms with Crippen LogP contribution in [0.25, 0.3) is 0 Å². The molecule has 2 N–H and O–H groups in total. The van der Waals surface area contributed by atoms with Crippen molar-refractivity contribution in [1.82, 2.24) is 10.6 Å². The molecule has 0 bridgehead atoms. The Balaban J connectivity index is 1.32. The molecule has 2 aromatic carbocycles. The van der Waals surface area contributed by atoms with Crippen LogP contribution in [-0.2, 0) is 6.42 Å². The fourth-order valence-corrected chi connectivity index (χ4v) is 3.93. The van der Waals surface area contributed by atoms with Gasteiger partial charge in [0.25, 0.3) is 11.8 Å². The summed E-state index contributed by atoms with van der Waals surface area (Å²) in [6.07, 6.45) is 3.93. The van der Waals surface area contributed by atoms with E-state index in [0.717, 1.165) is 38.0 Å². The first-order valence-electron chi connectivity index (χ1n) is 10.7. The molecule has 6 nitrogen and oxygen atoms in total. The number of furan rings is 1. The molecule has 1 aliphatic heterocycles. The van der Waals surface area contributed by atoms with Crippen molar-refractivity contribution in [3.63, 3.8) is 0 Å². The van der Waals surface area contributed by atoms with Gasteiger partial charge < -0.3 is 20.0 Å². The van der Waals surface area contributed by atoms with Gasteiger partial charge in [-0.2, -0.15) is 0 Å². The smallest absolute Gasteiger partial charge is 0.287 e. The van der Waals surface area contributed by atoms with Gasteiger partial charge in [-0.25, -0.2) is 0 Å². The largest absolute Gasteiger partial charge is 0.459 e. The number of piperidine rings is 1. The lowest BCUT2D eigenvalue weighted by atomic mass is 10.0. The van der Waals surface area contributed by atoms with Gasteiger partial charge in [-0.3, -0.25) is 9.59 Å². The van der Waals surface area contributed by atoms with Crippen molar-refractivity contribution in [2.75, 3.05) is 24.5 Å². The van der Waals surface area contributed by atoms with Gasteiger partial charge in [-0.1, -0.05) is 42.5 Å². The average Bonchev–Trinajstić information content (AvgIpc) is 3.36. The molecular formula is C25H27N3O3. The maximum atomic E-state index is 12.8.